The Morgan fingerprint density at radius 1 is 0.704 bits per heavy atom. The highest BCUT2D eigenvalue weighted by Gasteiger charge is 2.17. The molecule has 0 unspecified atom stereocenters. The van der Waals surface area contributed by atoms with Gasteiger partial charge in [-0.2, -0.15) is 0 Å². The Labute approximate surface area is 164 Å². The Morgan fingerprint density at radius 3 is 1.63 bits per heavy atom. The number of carbonyl (C=O) groups excluding carboxylic acids is 2. The van der Waals surface area contributed by atoms with Crippen LogP contribution in [-0.2, 0) is 9.47 Å². The van der Waals surface area contributed by atoms with E-state index in [-0.39, 0.29) is 11.1 Å². The number of methoxy groups -OCH3 is 1. The molecule has 0 N–H and O–H groups in total. The molecule has 0 amide bonds. The first-order valence-electron chi connectivity index (χ1n) is 10.5. The lowest BCUT2D eigenvalue weighted by Crippen LogP contribution is -2.13. The van der Waals surface area contributed by atoms with Crippen LogP contribution >= 0.6 is 0 Å². The summed E-state index contributed by atoms with van der Waals surface area (Å²) in [6.07, 6.45) is 15.2. The van der Waals surface area contributed by atoms with Crippen molar-refractivity contribution in [1.29, 1.82) is 0 Å². The summed E-state index contributed by atoms with van der Waals surface area (Å²) < 4.78 is 10.0. The van der Waals surface area contributed by atoms with Crippen molar-refractivity contribution in [3.63, 3.8) is 0 Å². The normalized spacial score (nSPS) is 10.6. The number of benzene rings is 1. The lowest BCUT2D eigenvalue weighted by Gasteiger charge is -2.08. The molecule has 27 heavy (non-hydrogen) atoms. The summed E-state index contributed by atoms with van der Waals surface area (Å²) in [5.74, 6) is -0.980. The SMILES string of the molecule is CCCCCCCCCCCCCCOC(=O)c1ccccc1C(=O)OC. The average Bonchev–Trinajstić information content (AvgIpc) is 2.70. The molecule has 0 saturated carbocycles. The number of hydrogen-bond donors (Lipinski definition) is 0. The molecule has 152 valence electrons. The molecule has 1 aromatic rings. The van der Waals surface area contributed by atoms with Crippen molar-refractivity contribution in [3.8, 4) is 0 Å². The molecule has 0 radical (unpaired) electrons. The van der Waals surface area contributed by atoms with E-state index in [1.54, 1.807) is 24.3 Å². The summed E-state index contributed by atoms with van der Waals surface area (Å²) in [5, 5.41) is 0. The second-order valence-corrected chi connectivity index (χ2v) is 7.06. The van der Waals surface area contributed by atoms with Gasteiger partial charge in [0.2, 0.25) is 0 Å². The van der Waals surface area contributed by atoms with Crippen LogP contribution in [0, 0.1) is 0 Å². The molecule has 1 aromatic carbocycles. The van der Waals surface area contributed by atoms with Gasteiger partial charge in [-0.15, -0.1) is 0 Å². The molecule has 0 fully saturated rings. The molecule has 0 aliphatic heterocycles. The van der Waals surface area contributed by atoms with E-state index >= 15 is 0 Å². The summed E-state index contributed by atoms with van der Waals surface area (Å²) in [6.45, 7) is 2.65. The molecule has 0 bridgehead atoms. The van der Waals surface area contributed by atoms with E-state index in [1.807, 2.05) is 0 Å². The van der Waals surface area contributed by atoms with Crippen molar-refractivity contribution in [1.82, 2.24) is 0 Å². The molecule has 0 atom stereocenters. The monoisotopic (exact) mass is 376 g/mol. The Morgan fingerprint density at radius 2 is 1.15 bits per heavy atom. The lowest BCUT2D eigenvalue weighted by molar-refractivity contribution is 0.0480. The molecule has 4 heteroatoms. The van der Waals surface area contributed by atoms with E-state index in [9.17, 15) is 9.59 Å². The van der Waals surface area contributed by atoms with Gasteiger partial charge in [0.05, 0.1) is 24.8 Å². The smallest absolute Gasteiger partial charge is 0.339 e. The van der Waals surface area contributed by atoms with Crippen LogP contribution in [-0.4, -0.2) is 25.7 Å². The fraction of sp³-hybridized carbons (Fsp3) is 0.652. The Balaban J connectivity index is 2.06. The van der Waals surface area contributed by atoms with E-state index < -0.39 is 11.9 Å². The average molecular weight is 377 g/mol. The van der Waals surface area contributed by atoms with Gasteiger partial charge in [-0.3, -0.25) is 0 Å². The minimum atomic E-state index is -0.520. The molecule has 1 rings (SSSR count). The summed E-state index contributed by atoms with van der Waals surface area (Å²) in [7, 11) is 1.30. The van der Waals surface area contributed by atoms with Crippen LogP contribution in [0.2, 0.25) is 0 Å². The predicted octanol–water partition coefficient (Wildman–Crippen LogP) is 6.33. The third kappa shape index (κ3) is 10.2. The van der Waals surface area contributed by atoms with Crippen LogP contribution in [0.5, 0.6) is 0 Å². The van der Waals surface area contributed by atoms with Crippen molar-refractivity contribution in [2.24, 2.45) is 0 Å². The quantitative estimate of drug-likeness (QED) is 0.265. The maximum absolute atomic E-state index is 12.2. The van der Waals surface area contributed by atoms with E-state index in [2.05, 4.69) is 6.92 Å². The maximum atomic E-state index is 12.2. The topological polar surface area (TPSA) is 52.6 Å². The van der Waals surface area contributed by atoms with Gasteiger partial charge < -0.3 is 9.47 Å². The number of carbonyl (C=O) groups is 2. The first kappa shape index (κ1) is 23.2. The first-order valence-corrected chi connectivity index (χ1v) is 10.5. The fourth-order valence-electron chi connectivity index (χ4n) is 3.13. The second-order valence-electron chi connectivity index (χ2n) is 7.06. The summed E-state index contributed by atoms with van der Waals surface area (Å²) in [5.41, 5.74) is 0.517. The van der Waals surface area contributed by atoms with Gasteiger partial charge in [-0.25, -0.2) is 9.59 Å². The summed E-state index contributed by atoms with van der Waals surface area (Å²) in [4.78, 5) is 23.9. The van der Waals surface area contributed by atoms with Crippen molar-refractivity contribution in [2.75, 3.05) is 13.7 Å². The van der Waals surface area contributed by atoms with E-state index in [1.165, 1.54) is 71.3 Å². The number of esters is 2. The van der Waals surface area contributed by atoms with Crippen molar-refractivity contribution in [3.05, 3.63) is 35.4 Å². The van der Waals surface area contributed by atoms with Crippen LogP contribution in [0.1, 0.15) is 105 Å². The maximum Gasteiger partial charge on any atom is 0.339 e. The van der Waals surface area contributed by atoms with Gasteiger partial charge in [0.25, 0.3) is 0 Å². The standard InChI is InChI=1S/C23H36O4/c1-3-4-5-6-7-8-9-10-11-12-13-16-19-27-23(25)21-18-15-14-17-20(21)22(24)26-2/h14-15,17-18H,3-13,16,19H2,1-2H3. The van der Waals surface area contributed by atoms with Crippen molar-refractivity contribution in [2.45, 2.75) is 84.0 Å². The van der Waals surface area contributed by atoms with E-state index in [0.717, 1.165) is 12.8 Å². The highest BCUT2D eigenvalue weighted by atomic mass is 16.5. The number of unbranched alkanes of at least 4 members (excludes halogenated alkanes) is 11. The third-order valence-corrected chi connectivity index (χ3v) is 4.78. The Hall–Kier alpha value is -1.84. The highest BCUT2D eigenvalue weighted by Crippen LogP contribution is 2.14. The minimum absolute atomic E-state index is 0.250. The van der Waals surface area contributed by atoms with E-state index in [4.69, 9.17) is 9.47 Å². The van der Waals surface area contributed by atoms with Crippen LogP contribution < -0.4 is 0 Å². The zero-order chi connectivity index (χ0) is 19.7. The molecule has 0 heterocycles. The Kier molecular flexibility index (Phi) is 13.1. The van der Waals surface area contributed by atoms with Crippen molar-refractivity contribution < 1.29 is 19.1 Å². The van der Waals surface area contributed by atoms with Crippen molar-refractivity contribution >= 4 is 11.9 Å². The lowest BCUT2D eigenvalue weighted by atomic mass is 10.1. The largest absolute Gasteiger partial charge is 0.465 e. The molecule has 0 spiro atoms. The zero-order valence-electron chi connectivity index (χ0n) is 17.1. The van der Waals surface area contributed by atoms with Crippen LogP contribution in [0.4, 0.5) is 0 Å². The molecular weight excluding hydrogens is 340 g/mol. The van der Waals surface area contributed by atoms with Gasteiger partial charge in [-0.05, 0) is 18.6 Å². The number of ether oxygens (including phenoxy) is 2. The summed E-state index contributed by atoms with van der Waals surface area (Å²) in [6, 6.07) is 6.59. The predicted molar refractivity (Wildman–Crippen MR) is 109 cm³/mol. The van der Waals surface area contributed by atoms with Gasteiger partial charge >= 0.3 is 11.9 Å². The minimum Gasteiger partial charge on any atom is -0.465 e. The van der Waals surface area contributed by atoms with Crippen LogP contribution in [0.15, 0.2) is 24.3 Å². The Bertz CT molecular complexity index is 539. The third-order valence-electron chi connectivity index (χ3n) is 4.78. The van der Waals surface area contributed by atoms with Gasteiger partial charge in [0, 0.05) is 0 Å². The molecule has 0 aliphatic carbocycles. The molecule has 0 saturated heterocycles. The zero-order valence-corrected chi connectivity index (χ0v) is 17.1. The second kappa shape index (κ2) is 15.2. The van der Waals surface area contributed by atoms with Crippen LogP contribution in [0.3, 0.4) is 0 Å². The summed E-state index contributed by atoms with van der Waals surface area (Å²) >= 11 is 0. The molecule has 4 nitrogen and oxygen atoms in total. The van der Waals surface area contributed by atoms with Gasteiger partial charge in [0.15, 0.2) is 0 Å². The van der Waals surface area contributed by atoms with Gasteiger partial charge in [0.1, 0.15) is 0 Å². The molecule has 0 aliphatic rings. The molecular formula is C23H36O4. The first-order chi connectivity index (χ1) is 13.2. The molecule has 0 aromatic heterocycles. The van der Waals surface area contributed by atoms with Crippen LogP contribution in [0.25, 0.3) is 0 Å². The number of rotatable bonds is 15. The van der Waals surface area contributed by atoms with Gasteiger partial charge in [-0.1, -0.05) is 89.7 Å². The van der Waals surface area contributed by atoms with E-state index in [0.29, 0.717) is 6.61 Å². The highest BCUT2D eigenvalue weighted by molar-refractivity contribution is 6.03. The number of hydrogen-bond acceptors (Lipinski definition) is 4. The fourth-order valence-corrected chi connectivity index (χ4v) is 3.13.